The number of benzene rings is 1. The lowest BCUT2D eigenvalue weighted by Gasteiger charge is -2.20. The van der Waals surface area contributed by atoms with Gasteiger partial charge in [0.05, 0.1) is 11.9 Å². The van der Waals surface area contributed by atoms with Crippen molar-refractivity contribution in [2.75, 3.05) is 6.54 Å². The Balaban J connectivity index is 1.62. The summed E-state index contributed by atoms with van der Waals surface area (Å²) in [5.41, 5.74) is 5.32. The molecule has 1 aliphatic heterocycles. The molecule has 1 amide bonds. The van der Waals surface area contributed by atoms with E-state index in [4.69, 9.17) is 0 Å². The maximum Gasteiger partial charge on any atom is 0.254 e. The fraction of sp³-hybridized carbons (Fsp3) is 0.250. The number of pyridine rings is 1. The Bertz CT molecular complexity index is 884. The molecule has 3 aromatic rings. The summed E-state index contributed by atoms with van der Waals surface area (Å²) in [6, 6.07) is 11.9. The number of hydrogen-bond donors (Lipinski definition) is 0. The van der Waals surface area contributed by atoms with Gasteiger partial charge in [-0.1, -0.05) is 17.7 Å². The molecule has 126 valence electrons. The van der Waals surface area contributed by atoms with Crippen LogP contribution in [-0.4, -0.2) is 32.1 Å². The Morgan fingerprint density at radius 3 is 2.60 bits per heavy atom. The maximum absolute atomic E-state index is 12.7. The van der Waals surface area contributed by atoms with Crippen LogP contribution in [0.2, 0.25) is 0 Å². The number of carbonyl (C=O) groups is 1. The molecule has 4 rings (SSSR count). The van der Waals surface area contributed by atoms with E-state index in [1.807, 2.05) is 15.8 Å². The van der Waals surface area contributed by atoms with Gasteiger partial charge < -0.3 is 4.90 Å². The Morgan fingerprint density at radius 2 is 1.84 bits per heavy atom. The second-order valence-corrected chi connectivity index (χ2v) is 6.43. The largest absolute Gasteiger partial charge is 0.334 e. The van der Waals surface area contributed by atoms with Crippen molar-refractivity contribution in [2.45, 2.75) is 26.3 Å². The van der Waals surface area contributed by atoms with Gasteiger partial charge in [-0.15, -0.1) is 0 Å². The summed E-state index contributed by atoms with van der Waals surface area (Å²) in [4.78, 5) is 18.6. The molecule has 1 aliphatic rings. The first kappa shape index (κ1) is 15.6. The molecule has 5 heteroatoms. The number of rotatable bonds is 2. The molecule has 0 N–H and O–H groups in total. The van der Waals surface area contributed by atoms with Crippen LogP contribution in [-0.2, 0) is 13.0 Å². The van der Waals surface area contributed by atoms with E-state index in [1.165, 1.54) is 11.3 Å². The fourth-order valence-electron chi connectivity index (χ4n) is 3.29. The van der Waals surface area contributed by atoms with Crippen LogP contribution in [0.4, 0.5) is 0 Å². The minimum absolute atomic E-state index is 0.0540. The van der Waals surface area contributed by atoms with Crippen LogP contribution >= 0.6 is 0 Å². The summed E-state index contributed by atoms with van der Waals surface area (Å²) in [7, 11) is 0. The predicted octanol–water partition coefficient (Wildman–Crippen LogP) is 3.16. The van der Waals surface area contributed by atoms with Crippen molar-refractivity contribution in [2.24, 2.45) is 0 Å². The zero-order valence-electron chi connectivity index (χ0n) is 14.2. The molecule has 0 atom stereocenters. The summed E-state index contributed by atoms with van der Waals surface area (Å²) in [6.45, 7) is 3.43. The molecule has 0 radical (unpaired) electrons. The van der Waals surface area contributed by atoms with Crippen LogP contribution in [0.3, 0.4) is 0 Å². The predicted molar refractivity (Wildman–Crippen MR) is 95.6 cm³/mol. The van der Waals surface area contributed by atoms with Crippen molar-refractivity contribution in [3.05, 3.63) is 77.4 Å². The van der Waals surface area contributed by atoms with Gasteiger partial charge >= 0.3 is 0 Å². The molecule has 0 saturated carbocycles. The molecule has 25 heavy (non-hydrogen) atoms. The average Bonchev–Trinajstić information content (AvgIpc) is 2.92. The standard InChI is InChI=1S/C20H20N4O/c1-15-4-6-18(7-5-15)24-19-3-2-12-23(14-17(19)13-22-24)20(25)16-8-10-21-11-9-16/h4-11,13H,2-3,12,14H2,1H3. The van der Waals surface area contributed by atoms with Gasteiger partial charge in [-0.25, -0.2) is 4.68 Å². The van der Waals surface area contributed by atoms with Gasteiger partial charge in [0.25, 0.3) is 5.91 Å². The number of fused-ring (bicyclic) bond motifs is 1. The zero-order chi connectivity index (χ0) is 17.2. The van der Waals surface area contributed by atoms with Gasteiger partial charge in [0, 0.05) is 42.3 Å². The Kier molecular flexibility index (Phi) is 4.06. The number of aryl methyl sites for hydroxylation is 1. The summed E-state index contributed by atoms with van der Waals surface area (Å²) in [5.74, 6) is 0.0540. The lowest BCUT2D eigenvalue weighted by molar-refractivity contribution is 0.0745. The van der Waals surface area contributed by atoms with Crippen molar-refractivity contribution < 1.29 is 4.79 Å². The van der Waals surface area contributed by atoms with Crippen LogP contribution in [0.15, 0.2) is 55.0 Å². The zero-order valence-corrected chi connectivity index (χ0v) is 14.2. The molecule has 0 fully saturated rings. The van der Waals surface area contributed by atoms with E-state index >= 15 is 0 Å². The Hall–Kier alpha value is -2.95. The number of amides is 1. The number of carbonyl (C=O) groups excluding carboxylic acids is 1. The lowest BCUT2D eigenvalue weighted by atomic mass is 10.1. The fourth-order valence-corrected chi connectivity index (χ4v) is 3.29. The summed E-state index contributed by atoms with van der Waals surface area (Å²) in [6.07, 6.45) is 7.07. The minimum Gasteiger partial charge on any atom is -0.334 e. The third-order valence-electron chi connectivity index (χ3n) is 4.65. The molecule has 0 saturated heterocycles. The molecule has 0 bridgehead atoms. The molecular formula is C20H20N4O. The van der Waals surface area contributed by atoms with Gasteiger partial charge in [0.1, 0.15) is 0 Å². The van der Waals surface area contributed by atoms with E-state index in [0.717, 1.165) is 30.6 Å². The highest BCUT2D eigenvalue weighted by Gasteiger charge is 2.23. The maximum atomic E-state index is 12.7. The van der Waals surface area contributed by atoms with Gasteiger partial charge in [0.2, 0.25) is 0 Å². The highest BCUT2D eigenvalue weighted by atomic mass is 16.2. The van der Waals surface area contributed by atoms with Crippen LogP contribution < -0.4 is 0 Å². The van der Waals surface area contributed by atoms with Gasteiger partial charge in [-0.2, -0.15) is 5.10 Å². The van der Waals surface area contributed by atoms with Crippen LogP contribution in [0.5, 0.6) is 0 Å². The first-order valence-corrected chi connectivity index (χ1v) is 8.54. The van der Waals surface area contributed by atoms with Crippen molar-refractivity contribution >= 4 is 5.91 Å². The van der Waals surface area contributed by atoms with Gasteiger partial charge in [0.15, 0.2) is 0 Å². The first-order valence-electron chi connectivity index (χ1n) is 8.54. The summed E-state index contributed by atoms with van der Waals surface area (Å²) in [5, 5.41) is 4.57. The SMILES string of the molecule is Cc1ccc(-n2ncc3c2CCCN(C(=O)c2ccncc2)C3)cc1. The van der Waals surface area contributed by atoms with Gasteiger partial charge in [-0.3, -0.25) is 9.78 Å². The van der Waals surface area contributed by atoms with E-state index in [0.29, 0.717) is 12.1 Å². The van der Waals surface area contributed by atoms with Crippen molar-refractivity contribution in [3.8, 4) is 5.69 Å². The number of nitrogens with zero attached hydrogens (tertiary/aromatic N) is 4. The Labute approximate surface area is 146 Å². The average molecular weight is 332 g/mol. The molecule has 2 aromatic heterocycles. The number of aromatic nitrogens is 3. The second-order valence-electron chi connectivity index (χ2n) is 6.43. The van der Waals surface area contributed by atoms with Crippen LogP contribution in [0.1, 0.15) is 33.6 Å². The van der Waals surface area contributed by atoms with E-state index in [9.17, 15) is 4.79 Å². The van der Waals surface area contributed by atoms with Gasteiger partial charge in [-0.05, 0) is 44.0 Å². The van der Waals surface area contributed by atoms with Crippen LogP contribution in [0, 0.1) is 6.92 Å². The van der Waals surface area contributed by atoms with Crippen molar-refractivity contribution in [1.29, 1.82) is 0 Å². The smallest absolute Gasteiger partial charge is 0.254 e. The minimum atomic E-state index is 0.0540. The topological polar surface area (TPSA) is 51.0 Å². The first-order chi connectivity index (χ1) is 12.2. The highest BCUT2D eigenvalue weighted by Crippen LogP contribution is 2.23. The molecule has 1 aromatic carbocycles. The van der Waals surface area contributed by atoms with Crippen LogP contribution in [0.25, 0.3) is 5.69 Å². The summed E-state index contributed by atoms with van der Waals surface area (Å²) >= 11 is 0. The van der Waals surface area contributed by atoms with E-state index in [2.05, 4.69) is 41.3 Å². The lowest BCUT2D eigenvalue weighted by Crippen LogP contribution is -2.30. The second kappa shape index (κ2) is 6.51. The Morgan fingerprint density at radius 1 is 1.08 bits per heavy atom. The molecule has 3 heterocycles. The van der Waals surface area contributed by atoms with E-state index in [-0.39, 0.29) is 5.91 Å². The third-order valence-corrected chi connectivity index (χ3v) is 4.65. The monoisotopic (exact) mass is 332 g/mol. The molecule has 5 nitrogen and oxygen atoms in total. The molecule has 0 aliphatic carbocycles. The van der Waals surface area contributed by atoms with Crippen molar-refractivity contribution in [1.82, 2.24) is 19.7 Å². The highest BCUT2D eigenvalue weighted by molar-refractivity contribution is 5.94. The molecular weight excluding hydrogens is 312 g/mol. The van der Waals surface area contributed by atoms with E-state index < -0.39 is 0 Å². The normalized spacial score (nSPS) is 14.0. The quantitative estimate of drug-likeness (QED) is 0.724. The molecule has 0 unspecified atom stereocenters. The summed E-state index contributed by atoms with van der Waals surface area (Å²) < 4.78 is 2.01. The third kappa shape index (κ3) is 3.05. The number of hydrogen-bond acceptors (Lipinski definition) is 3. The van der Waals surface area contributed by atoms with E-state index in [1.54, 1.807) is 24.5 Å². The van der Waals surface area contributed by atoms with Crippen molar-refractivity contribution in [3.63, 3.8) is 0 Å². The molecule has 0 spiro atoms.